The zero-order valence-corrected chi connectivity index (χ0v) is 11.5. The molecule has 3 heterocycles. The van der Waals surface area contributed by atoms with Gasteiger partial charge in [-0.2, -0.15) is 4.98 Å². The quantitative estimate of drug-likeness (QED) is 0.888. The Labute approximate surface area is 121 Å². The molecule has 2 aromatic rings. The standard InChI is InChI=1S/C14H16N4O3/c19-10-6-8-18(9-10)13(20)5-4-12-16-14(17-21-12)11-3-1-2-7-15-11/h1-3,7,10,19H,4-6,8-9H2/t10-/m1/s1. The molecule has 110 valence electrons. The fraction of sp³-hybridized carbons (Fsp3) is 0.429. The lowest BCUT2D eigenvalue weighted by atomic mass is 10.3. The molecule has 1 fully saturated rings. The van der Waals surface area contributed by atoms with E-state index in [1.165, 1.54) is 0 Å². The minimum Gasteiger partial charge on any atom is -0.391 e. The van der Waals surface area contributed by atoms with E-state index in [-0.39, 0.29) is 5.91 Å². The van der Waals surface area contributed by atoms with Crippen molar-refractivity contribution in [3.63, 3.8) is 0 Å². The van der Waals surface area contributed by atoms with Crippen LogP contribution in [0.3, 0.4) is 0 Å². The van der Waals surface area contributed by atoms with E-state index in [4.69, 9.17) is 4.52 Å². The lowest BCUT2D eigenvalue weighted by Crippen LogP contribution is -2.29. The molecule has 1 N–H and O–H groups in total. The zero-order valence-electron chi connectivity index (χ0n) is 11.5. The largest absolute Gasteiger partial charge is 0.391 e. The molecule has 7 heteroatoms. The number of amides is 1. The number of β-amino-alcohol motifs (C(OH)–C–C–N with tert-alkyl or cyclic N) is 1. The van der Waals surface area contributed by atoms with Gasteiger partial charge in [0.2, 0.25) is 17.6 Å². The Morgan fingerprint density at radius 1 is 1.48 bits per heavy atom. The first kappa shape index (κ1) is 13.7. The van der Waals surface area contributed by atoms with Crippen LogP contribution < -0.4 is 0 Å². The molecule has 0 spiro atoms. The van der Waals surface area contributed by atoms with E-state index in [0.717, 1.165) is 0 Å². The third-order valence-electron chi connectivity index (χ3n) is 3.43. The van der Waals surface area contributed by atoms with Gasteiger partial charge in [0, 0.05) is 32.1 Å². The summed E-state index contributed by atoms with van der Waals surface area (Å²) in [5, 5.41) is 13.3. The van der Waals surface area contributed by atoms with Crippen LogP contribution in [-0.2, 0) is 11.2 Å². The number of hydrogen-bond donors (Lipinski definition) is 1. The molecule has 1 aliphatic rings. The van der Waals surface area contributed by atoms with E-state index >= 15 is 0 Å². The summed E-state index contributed by atoms with van der Waals surface area (Å²) >= 11 is 0. The van der Waals surface area contributed by atoms with Gasteiger partial charge in [-0.3, -0.25) is 9.78 Å². The second-order valence-electron chi connectivity index (χ2n) is 5.01. The van der Waals surface area contributed by atoms with Gasteiger partial charge in [-0.25, -0.2) is 0 Å². The van der Waals surface area contributed by atoms with Gasteiger partial charge < -0.3 is 14.5 Å². The lowest BCUT2D eigenvalue weighted by Gasteiger charge is -2.14. The summed E-state index contributed by atoms with van der Waals surface area (Å²) in [6.07, 6.45) is 2.61. The van der Waals surface area contributed by atoms with Gasteiger partial charge in [0.05, 0.1) is 6.10 Å². The smallest absolute Gasteiger partial charge is 0.227 e. The molecule has 7 nitrogen and oxygen atoms in total. The monoisotopic (exact) mass is 288 g/mol. The topological polar surface area (TPSA) is 92.3 Å². The van der Waals surface area contributed by atoms with Gasteiger partial charge in [0.15, 0.2) is 0 Å². The Kier molecular flexibility index (Phi) is 3.92. The first-order chi connectivity index (χ1) is 10.2. The van der Waals surface area contributed by atoms with E-state index in [1.54, 1.807) is 17.2 Å². The summed E-state index contributed by atoms with van der Waals surface area (Å²) in [6, 6.07) is 5.46. The van der Waals surface area contributed by atoms with Crippen LogP contribution in [0.1, 0.15) is 18.7 Å². The highest BCUT2D eigenvalue weighted by atomic mass is 16.5. The van der Waals surface area contributed by atoms with Crippen molar-refractivity contribution in [2.45, 2.75) is 25.4 Å². The average Bonchev–Trinajstić information content (AvgIpc) is 3.15. The summed E-state index contributed by atoms with van der Waals surface area (Å²) in [6.45, 7) is 1.03. The van der Waals surface area contributed by atoms with Crippen LogP contribution in [0, 0.1) is 0 Å². The summed E-state index contributed by atoms with van der Waals surface area (Å²) in [5.74, 6) is 0.850. The molecule has 1 amide bonds. The van der Waals surface area contributed by atoms with Gasteiger partial charge in [-0.05, 0) is 18.6 Å². The number of nitrogens with zero attached hydrogens (tertiary/aromatic N) is 4. The van der Waals surface area contributed by atoms with Crippen LogP contribution in [0.5, 0.6) is 0 Å². The van der Waals surface area contributed by atoms with E-state index in [9.17, 15) is 9.90 Å². The number of pyridine rings is 1. The number of aliphatic hydroxyl groups excluding tert-OH is 1. The third-order valence-corrected chi connectivity index (χ3v) is 3.43. The van der Waals surface area contributed by atoms with Crippen molar-refractivity contribution in [1.82, 2.24) is 20.0 Å². The van der Waals surface area contributed by atoms with E-state index in [1.807, 2.05) is 12.1 Å². The Morgan fingerprint density at radius 2 is 2.38 bits per heavy atom. The van der Waals surface area contributed by atoms with Gasteiger partial charge in [0.25, 0.3) is 0 Å². The summed E-state index contributed by atoms with van der Waals surface area (Å²) in [4.78, 5) is 22.0. The molecule has 0 bridgehead atoms. The van der Waals surface area contributed by atoms with Crippen molar-refractivity contribution in [3.05, 3.63) is 30.3 Å². The van der Waals surface area contributed by atoms with Crippen molar-refractivity contribution in [2.75, 3.05) is 13.1 Å². The molecule has 0 saturated carbocycles. The minimum atomic E-state index is -0.395. The minimum absolute atomic E-state index is 0.00383. The first-order valence-electron chi connectivity index (χ1n) is 6.92. The molecule has 3 rings (SSSR count). The predicted octanol–water partition coefficient (Wildman–Crippen LogP) is 0.657. The maximum atomic E-state index is 12.0. The molecular weight excluding hydrogens is 272 g/mol. The molecule has 0 radical (unpaired) electrons. The maximum absolute atomic E-state index is 12.0. The van der Waals surface area contributed by atoms with Crippen molar-refractivity contribution in [2.24, 2.45) is 0 Å². The number of hydrogen-bond acceptors (Lipinski definition) is 6. The van der Waals surface area contributed by atoms with Crippen LogP contribution in [0.15, 0.2) is 28.9 Å². The van der Waals surface area contributed by atoms with Crippen LogP contribution in [-0.4, -0.2) is 50.2 Å². The normalized spacial score (nSPS) is 18.1. The Morgan fingerprint density at radius 3 is 3.10 bits per heavy atom. The molecule has 1 saturated heterocycles. The fourth-order valence-corrected chi connectivity index (χ4v) is 2.30. The lowest BCUT2D eigenvalue weighted by molar-refractivity contribution is -0.130. The summed E-state index contributed by atoms with van der Waals surface area (Å²) in [5.41, 5.74) is 0.640. The number of aliphatic hydroxyl groups is 1. The SMILES string of the molecule is O=C(CCc1nc(-c2ccccn2)no1)N1CC[C@@H](O)C1. The molecule has 21 heavy (non-hydrogen) atoms. The molecule has 2 aromatic heterocycles. The zero-order chi connectivity index (χ0) is 14.7. The average molecular weight is 288 g/mol. The van der Waals surface area contributed by atoms with E-state index in [0.29, 0.717) is 49.8 Å². The number of aromatic nitrogens is 3. The molecule has 0 aromatic carbocycles. The van der Waals surface area contributed by atoms with Crippen LogP contribution in [0.4, 0.5) is 0 Å². The van der Waals surface area contributed by atoms with Gasteiger partial charge in [0.1, 0.15) is 5.69 Å². The first-order valence-corrected chi connectivity index (χ1v) is 6.92. The van der Waals surface area contributed by atoms with E-state index in [2.05, 4.69) is 15.1 Å². The van der Waals surface area contributed by atoms with Gasteiger partial charge >= 0.3 is 0 Å². The Hall–Kier alpha value is -2.28. The van der Waals surface area contributed by atoms with Crippen LogP contribution in [0.2, 0.25) is 0 Å². The molecular formula is C14H16N4O3. The molecule has 1 atom stereocenters. The van der Waals surface area contributed by atoms with Crippen molar-refractivity contribution in [3.8, 4) is 11.5 Å². The van der Waals surface area contributed by atoms with Crippen molar-refractivity contribution < 1.29 is 14.4 Å². The molecule has 0 unspecified atom stereocenters. The Balaban J connectivity index is 1.57. The van der Waals surface area contributed by atoms with Gasteiger partial charge in [-0.15, -0.1) is 0 Å². The van der Waals surface area contributed by atoms with Gasteiger partial charge in [-0.1, -0.05) is 11.2 Å². The predicted molar refractivity (Wildman–Crippen MR) is 73.1 cm³/mol. The second-order valence-corrected chi connectivity index (χ2v) is 5.01. The highest BCUT2D eigenvalue weighted by Crippen LogP contribution is 2.14. The highest BCUT2D eigenvalue weighted by Gasteiger charge is 2.24. The number of likely N-dealkylation sites (tertiary alicyclic amines) is 1. The summed E-state index contributed by atoms with van der Waals surface area (Å²) < 4.78 is 5.13. The Bertz CT molecular complexity index is 614. The van der Waals surface area contributed by atoms with E-state index < -0.39 is 6.10 Å². The molecule has 0 aliphatic carbocycles. The number of aryl methyl sites for hydroxylation is 1. The number of carbonyl (C=O) groups excluding carboxylic acids is 1. The van der Waals surface area contributed by atoms with Crippen LogP contribution >= 0.6 is 0 Å². The maximum Gasteiger partial charge on any atom is 0.227 e. The number of rotatable bonds is 4. The van der Waals surface area contributed by atoms with Crippen molar-refractivity contribution >= 4 is 5.91 Å². The molecule has 1 aliphatic heterocycles. The third kappa shape index (κ3) is 3.25. The number of carbonyl (C=O) groups is 1. The summed E-state index contributed by atoms with van der Waals surface area (Å²) in [7, 11) is 0. The van der Waals surface area contributed by atoms with Crippen molar-refractivity contribution in [1.29, 1.82) is 0 Å². The fourth-order valence-electron chi connectivity index (χ4n) is 2.30. The highest BCUT2D eigenvalue weighted by molar-refractivity contribution is 5.76. The van der Waals surface area contributed by atoms with Crippen LogP contribution in [0.25, 0.3) is 11.5 Å². The second kappa shape index (κ2) is 6.01.